The van der Waals surface area contributed by atoms with Gasteiger partial charge in [0.25, 0.3) is 0 Å². The SMILES string of the molecule is CCC1C(=O)NCCN1C(=O)Nc1cc(F)c(F)c(F)c1. The lowest BCUT2D eigenvalue weighted by Gasteiger charge is -2.34. The number of benzene rings is 1. The first-order valence-electron chi connectivity index (χ1n) is 6.44. The van der Waals surface area contributed by atoms with Gasteiger partial charge in [0.1, 0.15) is 6.04 Å². The van der Waals surface area contributed by atoms with Crippen LogP contribution in [0.15, 0.2) is 12.1 Å². The van der Waals surface area contributed by atoms with E-state index < -0.39 is 29.5 Å². The number of carbonyl (C=O) groups is 2. The fourth-order valence-electron chi connectivity index (χ4n) is 2.19. The van der Waals surface area contributed by atoms with E-state index in [9.17, 15) is 22.8 Å². The Hall–Kier alpha value is -2.25. The molecular weight excluding hydrogens is 287 g/mol. The summed E-state index contributed by atoms with van der Waals surface area (Å²) >= 11 is 0. The molecule has 2 N–H and O–H groups in total. The fraction of sp³-hybridized carbons (Fsp3) is 0.385. The Morgan fingerprint density at radius 1 is 1.38 bits per heavy atom. The summed E-state index contributed by atoms with van der Waals surface area (Å²) in [7, 11) is 0. The summed E-state index contributed by atoms with van der Waals surface area (Å²) in [5, 5.41) is 4.89. The standard InChI is InChI=1S/C13H14F3N3O2/c1-2-10-12(20)17-3-4-19(10)13(21)18-7-5-8(14)11(16)9(15)6-7/h5-6,10H,2-4H2,1H3,(H,17,20)(H,18,21). The Bertz CT molecular complexity index is 557. The van der Waals surface area contributed by atoms with Crippen molar-refractivity contribution < 1.29 is 22.8 Å². The van der Waals surface area contributed by atoms with Crippen LogP contribution < -0.4 is 10.6 Å². The average Bonchev–Trinajstić information content (AvgIpc) is 2.44. The average molecular weight is 301 g/mol. The molecule has 21 heavy (non-hydrogen) atoms. The number of amides is 3. The lowest BCUT2D eigenvalue weighted by Crippen LogP contribution is -2.57. The van der Waals surface area contributed by atoms with Crippen molar-refractivity contribution >= 4 is 17.6 Å². The zero-order chi connectivity index (χ0) is 15.6. The Morgan fingerprint density at radius 3 is 2.57 bits per heavy atom. The molecule has 0 saturated carbocycles. The number of rotatable bonds is 2. The van der Waals surface area contributed by atoms with Gasteiger partial charge in [-0.1, -0.05) is 6.92 Å². The summed E-state index contributed by atoms with van der Waals surface area (Å²) in [5.74, 6) is -4.67. The van der Waals surface area contributed by atoms with Crippen LogP contribution in [0.5, 0.6) is 0 Å². The largest absolute Gasteiger partial charge is 0.353 e. The van der Waals surface area contributed by atoms with Crippen molar-refractivity contribution in [3.63, 3.8) is 0 Å². The van der Waals surface area contributed by atoms with E-state index in [2.05, 4.69) is 10.6 Å². The highest BCUT2D eigenvalue weighted by Gasteiger charge is 2.31. The summed E-state index contributed by atoms with van der Waals surface area (Å²) in [6.45, 7) is 2.32. The topological polar surface area (TPSA) is 61.4 Å². The summed E-state index contributed by atoms with van der Waals surface area (Å²) in [4.78, 5) is 25.0. The first-order valence-corrected chi connectivity index (χ1v) is 6.44. The van der Waals surface area contributed by atoms with E-state index in [0.29, 0.717) is 25.1 Å². The molecule has 1 atom stereocenters. The zero-order valence-electron chi connectivity index (χ0n) is 11.3. The van der Waals surface area contributed by atoms with Gasteiger partial charge in [0.2, 0.25) is 5.91 Å². The second kappa shape index (κ2) is 6.02. The maximum absolute atomic E-state index is 13.1. The second-order valence-electron chi connectivity index (χ2n) is 4.59. The molecule has 1 aromatic rings. The van der Waals surface area contributed by atoms with E-state index in [1.54, 1.807) is 6.92 Å². The van der Waals surface area contributed by atoms with Crippen molar-refractivity contribution in [1.82, 2.24) is 10.2 Å². The first kappa shape index (κ1) is 15.1. The third-order valence-corrected chi connectivity index (χ3v) is 3.21. The third-order valence-electron chi connectivity index (χ3n) is 3.21. The Morgan fingerprint density at radius 2 is 2.00 bits per heavy atom. The molecule has 8 heteroatoms. The lowest BCUT2D eigenvalue weighted by molar-refractivity contribution is -0.127. The predicted molar refractivity (Wildman–Crippen MR) is 69.1 cm³/mol. The molecule has 1 saturated heterocycles. The van der Waals surface area contributed by atoms with Crippen LogP contribution in [0, 0.1) is 17.5 Å². The summed E-state index contributed by atoms with van der Waals surface area (Å²) in [6.07, 6.45) is 0.408. The van der Waals surface area contributed by atoms with Crippen LogP contribution in [-0.4, -0.2) is 36.0 Å². The molecule has 114 valence electrons. The maximum Gasteiger partial charge on any atom is 0.322 e. The number of carbonyl (C=O) groups excluding carboxylic acids is 2. The molecule has 0 spiro atoms. The third kappa shape index (κ3) is 3.09. The van der Waals surface area contributed by atoms with E-state index in [1.165, 1.54) is 4.90 Å². The monoisotopic (exact) mass is 301 g/mol. The summed E-state index contributed by atoms with van der Waals surface area (Å²) < 4.78 is 39.0. The number of anilines is 1. The van der Waals surface area contributed by atoms with E-state index in [0.717, 1.165) is 0 Å². The van der Waals surface area contributed by atoms with Crippen LogP contribution in [0.2, 0.25) is 0 Å². The van der Waals surface area contributed by atoms with Gasteiger partial charge in [0, 0.05) is 30.9 Å². The van der Waals surface area contributed by atoms with Crippen molar-refractivity contribution in [2.24, 2.45) is 0 Å². The van der Waals surface area contributed by atoms with Gasteiger partial charge < -0.3 is 15.5 Å². The van der Waals surface area contributed by atoms with Crippen molar-refractivity contribution in [2.75, 3.05) is 18.4 Å². The number of hydrogen-bond acceptors (Lipinski definition) is 2. The predicted octanol–water partition coefficient (Wildman–Crippen LogP) is 1.85. The summed E-state index contributed by atoms with van der Waals surface area (Å²) in [6, 6.07) is 0.0544. The van der Waals surface area contributed by atoms with Gasteiger partial charge in [-0.3, -0.25) is 4.79 Å². The Kier molecular flexibility index (Phi) is 4.35. The van der Waals surface area contributed by atoms with Crippen LogP contribution >= 0.6 is 0 Å². The van der Waals surface area contributed by atoms with Crippen LogP contribution in [0.25, 0.3) is 0 Å². The van der Waals surface area contributed by atoms with Crippen molar-refractivity contribution in [3.8, 4) is 0 Å². The molecule has 1 aliphatic rings. The van der Waals surface area contributed by atoms with E-state index in [4.69, 9.17) is 0 Å². The number of halogens is 3. The number of piperazine rings is 1. The minimum absolute atomic E-state index is 0.211. The molecule has 0 aliphatic carbocycles. The number of nitrogens with zero attached hydrogens (tertiary/aromatic N) is 1. The normalized spacial score (nSPS) is 18.4. The minimum atomic E-state index is -1.60. The highest BCUT2D eigenvalue weighted by Crippen LogP contribution is 2.18. The van der Waals surface area contributed by atoms with Gasteiger partial charge in [-0.05, 0) is 6.42 Å². The Labute approximate surface area is 119 Å². The van der Waals surface area contributed by atoms with Crippen molar-refractivity contribution in [1.29, 1.82) is 0 Å². The van der Waals surface area contributed by atoms with Crippen LogP contribution in [0.4, 0.5) is 23.7 Å². The van der Waals surface area contributed by atoms with Gasteiger partial charge in [-0.15, -0.1) is 0 Å². The van der Waals surface area contributed by atoms with Gasteiger partial charge in [0.15, 0.2) is 17.5 Å². The van der Waals surface area contributed by atoms with Crippen molar-refractivity contribution in [3.05, 3.63) is 29.6 Å². The number of nitrogens with one attached hydrogen (secondary N) is 2. The molecule has 1 fully saturated rings. The number of hydrogen-bond donors (Lipinski definition) is 2. The maximum atomic E-state index is 13.1. The first-order chi connectivity index (χ1) is 9.93. The molecule has 1 aliphatic heterocycles. The molecule has 0 bridgehead atoms. The van der Waals surface area contributed by atoms with Crippen LogP contribution in [0.1, 0.15) is 13.3 Å². The minimum Gasteiger partial charge on any atom is -0.353 e. The molecule has 1 unspecified atom stereocenters. The summed E-state index contributed by atoms with van der Waals surface area (Å²) in [5.41, 5.74) is -0.211. The Balaban J connectivity index is 2.15. The smallest absolute Gasteiger partial charge is 0.322 e. The van der Waals surface area contributed by atoms with Gasteiger partial charge in [-0.25, -0.2) is 18.0 Å². The van der Waals surface area contributed by atoms with E-state index in [-0.39, 0.29) is 18.1 Å². The molecular formula is C13H14F3N3O2. The van der Waals surface area contributed by atoms with Crippen LogP contribution in [-0.2, 0) is 4.79 Å². The van der Waals surface area contributed by atoms with Crippen molar-refractivity contribution in [2.45, 2.75) is 19.4 Å². The molecule has 5 nitrogen and oxygen atoms in total. The number of urea groups is 1. The lowest BCUT2D eigenvalue weighted by atomic mass is 10.1. The molecule has 0 radical (unpaired) electrons. The highest BCUT2D eigenvalue weighted by molar-refractivity contribution is 5.94. The zero-order valence-corrected chi connectivity index (χ0v) is 11.3. The van der Waals surface area contributed by atoms with Crippen LogP contribution in [0.3, 0.4) is 0 Å². The second-order valence-corrected chi connectivity index (χ2v) is 4.59. The molecule has 3 amide bonds. The highest BCUT2D eigenvalue weighted by atomic mass is 19.2. The quantitative estimate of drug-likeness (QED) is 0.819. The fourth-order valence-corrected chi connectivity index (χ4v) is 2.19. The molecule has 1 aromatic carbocycles. The molecule has 1 heterocycles. The van der Waals surface area contributed by atoms with E-state index in [1.807, 2.05) is 0 Å². The van der Waals surface area contributed by atoms with Gasteiger partial charge >= 0.3 is 6.03 Å². The van der Waals surface area contributed by atoms with Gasteiger partial charge in [0.05, 0.1) is 0 Å². The molecule has 2 rings (SSSR count). The van der Waals surface area contributed by atoms with E-state index >= 15 is 0 Å². The van der Waals surface area contributed by atoms with Gasteiger partial charge in [-0.2, -0.15) is 0 Å². The molecule has 0 aromatic heterocycles.